The van der Waals surface area contributed by atoms with E-state index < -0.39 is 0 Å². The van der Waals surface area contributed by atoms with Crippen LogP contribution in [0.4, 0.5) is 0 Å². The van der Waals surface area contributed by atoms with Crippen LogP contribution in [0.5, 0.6) is 5.75 Å². The normalized spacial score (nSPS) is 12.1. The zero-order chi connectivity index (χ0) is 20.6. The van der Waals surface area contributed by atoms with Crippen molar-refractivity contribution in [1.29, 1.82) is 0 Å². The van der Waals surface area contributed by atoms with Crippen molar-refractivity contribution in [3.05, 3.63) is 65.6 Å². The van der Waals surface area contributed by atoms with Crippen molar-refractivity contribution in [2.24, 2.45) is 0 Å². The molecule has 3 aromatic rings. The van der Waals surface area contributed by atoms with Gasteiger partial charge in [0.25, 0.3) is 0 Å². The van der Waals surface area contributed by atoms with Crippen LogP contribution in [0.1, 0.15) is 61.8 Å². The van der Waals surface area contributed by atoms with Crippen LogP contribution in [-0.4, -0.2) is 28.9 Å². The van der Waals surface area contributed by atoms with Crippen molar-refractivity contribution in [1.82, 2.24) is 14.7 Å². The Bertz CT molecular complexity index is 948. The number of imidazole rings is 1. The lowest BCUT2D eigenvalue weighted by Gasteiger charge is -2.18. The Balaban J connectivity index is 1.86. The van der Waals surface area contributed by atoms with Crippen LogP contribution < -0.4 is 10.1 Å². The number of carbonyl (C=O) groups is 1. The summed E-state index contributed by atoms with van der Waals surface area (Å²) in [6.45, 7) is 4.97. The zero-order valence-electron chi connectivity index (χ0n) is 17.6. The summed E-state index contributed by atoms with van der Waals surface area (Å²) in [5.41, 5.74) is 4.10. The van der Waals surface area contributed by atoms with E-state index in [2.05, 4.69) is 40.7 Å². The Hall–Kier alpha value is -2.82. The highest BCUT2D eigenvalue weighted by molar-refractivity contribution is 5.77. The summed E-state index contributed by atoms with van der Waals surface area (Å²) in [5.74, 6) is 0.756. The van der Waals surface area contributed by atoms with Crippen LogP contribution in [-0.2, 0) is 4.79 Å². The number of nitrogens with one attached hydrogen (secondary N) is 1. The first kappa shape index (κ1) is 20.9. The number of unbranched alkanes of at least 4 members (excludes halogenated alkanes) is 3. The Morgan fingerprint density at radius 2 is 2.07 bits per heavy atom. The fraction of sp³-hybridized carbons (Fsp3) is 0.417. The molecule has 1 N–H and O–H groups in total. The van der Waals surface area contributed by atoms with E-state index in [1.165, 1.54) is 12.8 Å². The molecule has 5 nitrogen and oxygen atoms in total. The molecule has 0 aliphatic rings. The summed E-state index contributed by atoms with van der Waals surface area (Å²) >= 11 is 0. The van der Waals surface area contributed by atoms with Crippen molar-refractivity contribution in [3.8, 4) is 5.75 Å². The standard InChI is InChI=1S/C24H31N3O2/c1-4-5-6-7-13-25-23(28)16-21(19-11-8-12-20(15-19)29-3)22-17-26-24-18(2)10-9-14-27(22)24/h8-12,14-15,17,21H,4-7,13,16H2,1-3H3,(H,25,28). The van der Waals surface area contributed by atoms with Gasteiger partial charge in [0.2, 0.25) is 5.91 Å². The number of hydrogen-bond donors (Lipinski definition) is 1. The molecule has 29 heavy (non-hydrogen) atoms. The maximum Gasteiger partial charge on any atom is 0.221 e. The van der Waals surface area contributed by atoms with E-state index in [0.717, 1.165) is 47.6 Å². The second-order valence-electron chi connectivity index (χ2n) is 7.51. The number of nitrogens with zero attached hydrogens (tertiary/aromatic N) is 2. The highest BCUT2D eigenvalue weighted by Gasteiger charge is 2.22. The molecule has 2 heterocycles. The molecular formula is C24H31N3O2. The first-order valence-corrected chi connectivity index (χ1v) is 10.5. The van der Waals surface area contributed by atoms with Crippen LogP contribution >= 0.6 is 0 Å². The molecular weight excluding hydrogens is 362 g/mol. The third-order valence-electron chi connectivity index (χ3n) is 5.35. The van der Waals surface area contributed by atoms with E-state index >= 15 is 0 Å². The molecule has 0 aliphatic carbocycles. The number of fused-ring (bicyclic) bond motifs is 1. The van der Waals surface area contributed by atoms with Gasteiger partial charge < -0.3 is 14.5 Å². The van der Waals surface area contributed by atoms with Gasteiger partial charge in [0.1, 0.15) is 11.4 Å². The minimum Gasteiger partial charge on any atom is -0.497 e. The van der Waals surface area contributed by atoms with E-state index in [9.17, 15) is 4.79 Å². The van der Waals surface area contributed by atoms with Gasteiger partial charge in [-0.2, -0.15) is 0 Å². The van der Waals surface area contributed by atoms with Gasteiger partial charge in [-0.25, -0.2) is 4.98 Å². The van der Waals surface area contributed by atoms with Gasteiger partial charge >= 0.3 is 0 Å². The predicted molar refractivity (Wildman–Crippen MR) is 117 cm³/mol. The van der Waals surface area contributed by atoms with E-state index in [1.807, 2.05) is 36.7 Å². The number of ether oxygens (including phenoxy) is 1. The molecule has 3 rings (SSSR count). The molecule has 0 bridgehead atoms. The van der Waals surface area contributed by atoms with Gasteiger partial charge in [-0.3, -0.25) is 4.79 Å². The van der Waals surface area contributed by atoms with Crippen LogP contribution in [0.3, 0.4) is 0 Å². The molecule has 0 saturated carbocycles. The van der Waals surface area contributed by atoms with Crippen LogP contribution in [0, 0.1) is 6.92 Å². The molecule has 0 aliphatic heterocycles. The summed E-state index contributed by atoms with van der Waals surface area (Å²) in [7, 11) is 1.66. The van der Waals surface area contributed by atoms with E-state index in [4.69, 9.17) is 4.74 Å². The molecule has 0 radical (unpaired) electrons. The molecule has 2 aromatic heterocycles. The van der Waals surface area contributed by atoms with Crippen molar-refractivity contribution < 1.29 is 9.53 Å². The van der Waals surface area contributed by atoms with Gasteiger partial charge in [0.05, 0.1) is 12.8 Å². The Labute approximate surface area is 173 Å². The van der Waals surface area contributed by atoms with Crippen LogP contribution in [0.2, 0.25) is 0 Å². The number of carbonyl (C=O) groups excluding carboxylic acids is 1. The van der Waals surface area contributed by atoms with Crippen LogP contribution in [0.15, 0.2) is 48.8 Å². The lowest BCUT2D eigenvalue weighted by atomic mass is 9.92. The molecule has 1 unspecified atom stereocenters. The monoisotopic (exact) mass is 393 g/mol. The van der Waals surface area contributed by atoms with Gasteiger partial charge in [-0.1, -0.05) is 44.4 Å². The molecule has 5 heteroatoms. The average Bonchev–Trinajstić information content (AvgIpc) is 3.17. The number of hydrogen-bond acceptors (Lipinski definition) is 3. The summed E-state index contributed by atoms with van der Waals surface area (Å²) in [6.07, 6.45) is 8.87. The summed E-state index contributed by atoms with van der Waals surface area (Å²) < 4.78 is 7.50. The third kappa shape index (κ3) is 5.17. The van der Waals surface area contributed by atoms with Crippen molar-refractivity contribution >= 4 is 11.6 Å². The Kier molecular flexibility index (Phi) is 7.28. The minimum atomic E-state index is -0.0995. The number of aromatic nitrogens is 2. The summed E-state index contributed by atoms with van der Waals surface area (Å²) in [4.78, 5) is 17.4. The number of pyridine rings is 1. The quantitative estimate of drug-likeness (QED) is 0.500. The number of rotatable bonds is 10. The smallest absolute Gasteiger partial charge is 0.221 e. The van der Waals surface area contributed by atoms with Crippen molar-refractivity contribution in [2.45, 2.75) is 51.9 Å². The Morgan fingerprint density at radius 1 is 1.21 bits per heavy atom. The SMILES string of the molecule is CCCCCCNC(=O)CC(c1cccc(OC)c1)c1cnc2c(C)cccn12. The first-order valence-electron chi connectivity index (χ1n) is 10.5. The van der Waals surface area contributed by atoms with Gasteiger partial charge in [0.15, 0.2) is 0 Å². The third-order valence-corrected chi connectivity index (χ3v) is 5.35. The second kappa shape index (κ2) is 10.1. The fourth-order valence-electron chi connectivity index (χ4n) is 3.72. The summed E-state index contributed by atoms with van der Waals surface area (Å²) in [6, 6.07) is 12.0. The molecule has 0 saturated heterocycles. The van der Waals surface area contributed by atoms with Crippen molar-refractivity contribution in [2.75, 3.05) is 13.7 Å². The molecule has 0 fully saturated rings. The predicted octanol–water partition coefficient (Wildman–Crippen LogP) is 4.87. The second-order valence-corrected chi connectivity index (χ2v) is 7.51. The minimum absolute atomic E-state index is 0.0666. The molecule has 1 amide bonds. The lowest BCUT2D eigenvalue weighted by molar-refractivity contribution is -0.121. The highest BCUT2D eigenvalue weighted by atomic mass is 16.5. The highest BCUT2D eigenvalue weighted by Crippen LogP contribution is 2.31. The largest absolute Gasteiger partial charge is 0.497 e. The summed E-state index contributed by atoms with van der Waals surface area (Å²) in [5, 5.41) is 3.09. The topological polar surface area (TPSA) is 55.6 Å². The lowest BCUT2D eigenvalue weighted by Crippen LogP contribution is -2.26. The van der Waals surface area contributed by atoms with E-state index in [0.29, 0.717) is 6.42 Å². The van der Waals surface area contributed by atoms with Gasteiger partial charge in [-0.05, 0) is 42.7 Å². The van der Waals surface area contributed by atoms with Gasteiger partial charge in [-0.15, -0.1) is 0 Å². The maximum atomic E-state index is 12.7. The van der Waals surface area contributed by atoms with E-state index in [1.54, 1.807) is 7.11 Å². The van der Waals surface area contributed by atoms with Crippen molar-refractivity contribution in [3.63, 3.8) is 0 Å². The van der Waals surface area contributed by atoms with Gasteiger partial charge in [0, 0.05) is 31.3 Å². The zero-order valence-corrected chi connectivity index (χ0v) is 17.6. The first-order chi connectivity index (χ1) is 14.1. The maximum absolute atomic E-state index is 12.7. The molecule has 1 aromatic carbocycles. The molecule has 1 atom stereocenters. The molecule has 0 spiro atoms. The van der Waals surface area contributed by atoms with Crippen LogP contribution in [0.25, 0.3) is 5.65 Å². The number of amides is 1. The number of methoxy groups -OCH3 is 1. The number of aryl methyl sites for hydroxylation is 1. The average molecular weight is 394 g/mol. The fourth-order valence-corrected chi connectivity index (χ4v) is 3.72. The Morgan fingerprint density at radius 3 is 2.86 bits per heavy atom. The van der Waals surface area contributed by atoms with E-state index in [-0.39, 0.29) is 11.8 Å². The number of benzene rings is 1. The molecule has 154 valence electrons.